The summed E-state index contributed by atoms with van der Waals surface area (Å²) in [5, 5.41) is 16.9. The number of halogens is 1. The van der Waals surface area contributed by atoms with Crippen molar-refractivity contribution in [2.75, 3.05) is 6.54 Å². The van der Waals surface area contributed by atoms with Crippen LogP contribution in [0, 0.1) is 5.82 Å². The molecule has 122 valence electrons. The van der Waals surface area contributed by atoms with Gasteiger partial charge < -0.3 is 10.0 Å². The second-order valence-corrected chi connectivity index (χ2v) is 6.28. The summed E-state index contributed by atoms with van der Waals surface area (Å²) in [5.41, 5.74) is 1.90. The van der Waals surface area contributed by atoms with E-state index in [-0.39, 0.29) is 30.2 Å². The molecule has 3 rings (SSSR count). The highest BCUT2D eigenvalue weighted by molar-refractivity contribution is 5.93. The van der Waals surface area contributed by atoms with Gasteiger partial charge in [0.25, 0.3) is 5.91 Å². The molecule has 1 fully saturated rings. The first kappa shape index (κ1) is 15.7. The van der Waals surface area contributed by atoms with Gasteiger partial charge in [0.05, 0.1) is 12.1 Å². The molecule has 5 nitrogen and oxygen atoms in total. The number of amides is 1. The Bertz CT molecular complexity index is 713. The van der Waals surface area contributed by atoms with E-state index in [9.17, 15) is 14.3 Å². The van der Waals surface area contributed by atoms with E-state index in [1.807, 2.05) is 13.8 Å². The molecule has 1 aromatic carbocycles. The van der Waals surface area contributed by atoms with Gasteiger partial charge in [-0.15, -0.1) is 0 Å². The molecule has 0 aliphatic carbocycles. The van der Waals surface area contributed by atoms with Crippen LogP contribution < -0.4 is 0 Å². The first-order chi connectivity index (χ1) is 11.0. The maximum absolute atomic E-state index is 13.5. The van der Waals surface area contributed by atoms with Crippen molar-refractivity contribution in [2.24, 2.45) is 0 Å². The average molecular weight is 317 g/mol. The van der Waals surface area contributed by atoms with E-state index in [2.05, 4.69) is 10.2 Å². The van der Waals surface area contributed by atoms with Crippen molar-refractivity contribution in [3.8, 4) is 0 Å². The molecular formula is C17H20FN3O2. The summed E-state index contributed by atoms with van der Waals surface area (Å²) in [4.78, 5) is 14.3. The van der Waals surface area contributed by atoms with E-state index in [1.54, 1.807) is 23.1 Å². The minimum atomic E-state index is -0.615. The topological polar surface area (TPSA) is 69.2 Å². The van der Waals surface area contributed by atoms with Gasteiger partial charge in [0.15, 0.2) is 0 Å². The monoisotopic (exact) mass is 317 g/mol. The Morgan fingerprint density at radius 2 is 2.22 bits per heavy atom. The minimum Gasteiger partial charge on any atom is -0.391 e. The highest BCUT2D eigenvalue weighted by Crippen LogP contribution is 2.33. The maximum atomic E-state index is 13.5. The number of hydrogen-bond donors (Lipinski definition) is 2. The maximum Gasteiger partial charge on any atom is 0.274 e. The number of carbonyl (C=O) groups is 1. The molecule has 6 heteroatoms. The lowest BCUT2D eigenvalue weighted by Crippen LogP contribution is -2.32. The number of nitrogens with zero attached hydrogens (tertiary/aromatic N) is 2. The van der Waals surface area contributed by atoms with Gasteiger partial charge in [-0.2, -0.15) is 5.10 Å². The number of aliphatic hydroxyl groups excluding tert-OH is 1. The number of aliphatic hydroxyl groups is 1. The molecule has 0 spiro atoms. The molecule has 0 unspecified atom stereocenters. The molecule has 23 heavy (non-hydrogen) atoms. The van der Waals surface area contributed by atoms with Gasteiger partial charge in [0, 0.05) is 12.2 Å². The predicted molar refractivity (Wildman–Crippen MR) is 83.5 cm³/mol. The molecule has 0 radical (unpaired) electrons. The summed E-state index contributed by atoms with van der Waals surface area (Å²) in [6, 6.07) is 7.56. The number of rotatable bonds is 3. The second kappa shape index (κ2) is 6.12. The third kappa shape index (κ3) is 3.12. The highest BCUT2D eigenvalue weighted by atomic mass is 19.1. The van der Waals surface area contributed by atoms with Gasteiger partial charge >= 0.3 is 0 Å². The van der Waals surface area contributed by atoms with Crippen molar-refractivity contribution in [2.45, 2.75) is 38.3 Å². The zero-order chi connectivity index (χ0) is 16.6. The number of aromatic nitrogens is 2. The molecule has 2 aromatic rings. The molecule has 2 atom stereocenters. The van der Waals surface area contributed by atoms with Crippen molar-refractivity contribution in [3.05, 3.63) is 53.1 Å². The Hall–Kier alpha value is -2.21. The van der Waals surface area contributed by atoms with Crippen LogP contribution in [0.2, 0.25) is 0 Å². The lowest BCUT2D eigenvalue weighted by Gasteiger charge is -2.24. The quantitative estimate of drug-likeness (QED) is 0.914. The van der Waals surface area contributed by atoms with Crippen LogP contribution in [0.1, 0.15) is 54.0 Å². The first-order valence-electron chi connectivity index (χ1n) is 7.75. The summed E-state index contributed by atoms with van der Waals surface area (Å²) >= 11 is 0. The predicted octanol–water partition coefficient (Wildman–Crippen LogP) is 2.62. The van der Waals surface area contributed by atoms with Crippen molar-refractivity contribution < 1.29 is 14.3 Å². The minimum absolute atomic E-state index is 0.226. The molecule has 1 amide bonds. The Labute approximate surface area is 134 Å². The molecule has 1 aromatic heterocycles. The fourth-order valence-electron chi connectivity index (χ4n) is 2.96. The lowest BCUT2D eigenvalue weighted by molar-refractivity contribution is 0.0709. The summed E-state index contributed by atoms with van der Waals surface area (Å²) < 4.78 is 13.5. The van der Waals surface area contributed by atoms with Gasteiger partial charge in [-0.05, 0) is 36.1 Å². The number of benzene rings is 1. The van der Waals surface area contributed by atoms with Crippen LogP contribution in [0.25, 0.3) is 0 Å². The largest absolute Gasteiger partial charge is 0.391 e. The van der Waals surface area contributed by atoms with E-state index >= 15 is 0 Å². The Balaban J connectivity index is 1.88. The lowest BCUT2D eigenvalue weighted by atomic mass is 10.0. The molecule has 2 N–H and O–H groups in total. The van der Waals surface area contributed by atoms with Crippen LogP contribution in [0.15, 0.2) is 30.3 Å². The van der Waals surface area contributed by atoms with Crippen molar-refractivity contribution in [3.63, 3.8) is 0 Å². The molecule has 0 bridgehead atoms. The van der Waals surface area contributed by atoms with Crippen LogP contribution in [0.4, 0.5) is 4.39 Å². The standard InChI is InChI=1S/C17H20FN3O2/c1-10(2)14-8-15(20-19-14)17(23)21-9-13(22)7-16(21)11-4-3-5-12(18)6-11/h3-6,8,10,13,16,22H,7,9H2,1-2H3,(H,19,20)/t13-,16+/m1/s1. The molecular weight excluding hydrogens is 297 g/mol. The average Bonchev–Trinajstić information content (AvgIpc) is 3.13. The smallest absolute Gasteiger partial charge is 0.274 e. The van der Waals surface area contributed by atoms with Crippen LogP contribution in [-0.4, -0.2) is 38.8 Å². The summed E-state index contributed by atoms with van der Waals surface area (Å²) in [6.45, 7) is 4.25. The summed E-state index contributed by atoms with van der Waals surface area (Å²) in [6.07, 6.45) is -0.216. The van der Waals surface area contributed by atoms with E-state index < -0.39 is 6.10 Å². The number of β-amino-alcohol motifs (C(OH)–C–C–N with tert-alkyl or cyclic N) is 1. The zero-order valence-electron chi connectivity index (χ0n) is 13.2. The molecule has 1 saturated heterocycles. The number of nitrogens with one attached hydrogen (secondary N) is 1. The van der Waals surface area contributed by atoms with Gasteiger partial charge in [0.1, 0.15) is 11.5 Å². The summed E-state index contributed by atoms with van der Waals surface area (Å²) in [7, 11) is 0. The first-order valence-corrected chi connectivity index (χ1v) is 7.75. The van der Waals surface area contributed by atoms with E-state index in [1.165, 1.54) is 12.1 Å². The molecule has 1 aliphatic heterocycles. The van der Waals surface area contributed by atoms with Crippen LogP contribution in [-0.2, 0) is 0 Å². The fraction of sp³-hybridized carbons (Fsp3) is 0.412. The Morgan fingerprint density at radius 3 is 2.87 bits per heavy atom. The summed E-state index contributed by atoms with van der Waals surface area (Å²) in [5.74, 6) is -0.357. The highest BCUT2D eigenvalue weighted by Gasteiger charge is 2.36. The fourth-order valence-corrected chi connectivity index (χ4v) is 2.96. The van der Waals surface area contributed by atoms with E-state index in [0.717, 1.165) is 5.69 Å². The van der Waals surface area contributed by atoms with Crippen LogP contribution in [0.5, 0.6) is 0 Å². The van der Waals surface area contributed by atoms with Crippen molar-refractivity contribution in [1.29, 1.82) is 0 Å². The zero-order valence-corrected chi connectivity index (χ0v) is 13.2. The van der Waals surface area contributed by atoms with Crippen LogP contribution in [0.3, 0.4) is 0 Å². The van der Waals surface area contributed by atoms with Crippen molar-refractivity contribution >= 4 is 5.91 Å². The number of H-pyrrole nitrogens is 1. The Kier molecular flexibility index (Phi) is 4.17. The molecule has 0 saturated carbocycles. The van der Waals surface area contributed by atoms with Crippen LogP contribution >= 0.6 is 0 Å². The SMILES string of the molecule is CC(C)c1cc(C(=O)N2C[C@H](O)C[C@H]2c2cccc(F)c2)n[nH]1. The molecule has 2 heterocycles. The third-order valence-corrected chi connectivity index (χ3v) is 4.21. The Morgan fingerprint density at radius 1 is 1.43 bits per heavy atom. The van der Waals surface area contributed by atoms with Gasteiger partial charge in [0.2, 0.25) is 0 Å². The van der Waals surface area contributed by atoms with Gasteiger partial charge in [-0.25, -0.2) is 4.39 Å². The molecule has 1 aliphatic rings. The second-order valence-electron chi connectivity index (χ2n) is 6.28. The normalized spacial score (nSPS) is 21.2. The third-order valence-electron chi connectivity index (χ3n) is 4.21. The van der Waals surface area contributed by atoms with Crippen molar-refractivity contribution in [1.82, 2.24) is 15.1 Å². The van der Waals surface area contributed by atoms with E-state index in [0.29, 0.717) is 17.7 Å². The number of hydrogen-bond acceptors (Lipinski definition) is 3. The van der Waals surface area contributed by atoms with Gasteiger partial charge in [-0.1, -0.05) is 26.0 Å². The van der Waals surface area contributed by atoms with E-state index in [4.69, 9.17) is 0 Å². The number of aromatic amines is 1. The number of likely N-dealkylation sites (tertiary alicyclic amines) is 1. The number of carbonyl (C=O) groups excluding carboxylic acids is 1. The van der Waals surface area contributed by atoms with Gasteiger partial charge in [-0.3, -0.25) is 9.89 Å².